The zero-order valence-electron chi connectivity index (χ0n) is 6.81. The highest BCUT2D eigenvalue weighted by Crippen LogP contribution is 2.64. The van der Waals surface area contributed by atoms with E-state index in [1.165, 1.54) is 32.1 Å². The monoisotopic (exact) mass is 150 g/mol. The summed E-state index contributed by atoms with van der Waals surface area (Å²) in [4.78, 5) is 11.4. The topological polar surface area (TPSA) is 17.1 Å². The summed E-state index contributed by atoms with van der Waals surface area (Å²) in [6.45, 7) is 0. The Morgan fingerprint density at radius 3 is 2.91 bits per heavy atom. The van der Waals surface area contributed by atoms with Crippen molar-refractivity contribution in [3.8, 4) is 0 Å². The van der Waals surface area contributed by atoms with Crippen molar-refractivity contribution in [2.45, 2.75) is 38.5 Å². The molecule has 0 aliphatic heterocycles. The summed E-state index contributed by atoms with van der Waals surface area (Å²) in [7, 11) is 0. The molecule has 0 amide bonds. The lowest BCUT2D eigenvalue weighted by Crippen LogP contribution is -2.17. The molecule has 3 atom stereocenters. The molecule has 0 spiro atoms. The van der Waals surface area contributed by atoms with Crippen LogP contribution in [-0.4, -0.2) is 5.78 Å². The maximum absolute atomic E-state index is 11.4. The van der Waals surface area contributed by atoms with E-state index in [0.717, 1.165) is 12.3 Å². The van der Waals surface area contributed by atoms with Crippen molar-refractivity contribution in [3.63, 3.8) is 0 Å². The highest BCUT2D eigenvalue weighted by atomic mass is 16.1. The van der Waals surface area contributed by atoms with Crippen molar-refractivity contribution in [3.05, 3.63) is 0 Å². The molecule has 2 bridgehead atoms. The molecule has 60 valence electrons. The molecule has 0 N–H and O–H groups in total. The Morgan fingerprint density at radius 1 is 1.27 bits per heavy atom. The van der Waals surface area contributed by atoms with E-state index in [4.69, 9.17) is 0 Å². The van der Waals surface area contributed by atoms with Gasteiger partial charge in [0.05, 0.1) is 0 Å². The first-order valence-electron chi connectivity index (χ1n) is 4.85. The number of rotatable bonds is 0. The fraction of sp³-hybridized carbons (Fsp3) is 0.900. The van der Waals surface area contributed by atoms with Crippen LogP contribution in [0, 0.1) is 17.3 Å². The van der Waals surface area contributed by atoms with Crippen molar-refractivity contribution >= 4 is 5.78 Å². The van der Waals surface area contributed by atoms with Crippen LogP contribution in [0.15, 0.2) is 0 Å². The number of hydrogen-bond donors (Lipinski definition) is 0. The third-order valence-corrected chi connectivity index (χ3v) is 4.36. The van der Waals surface area contributed by atoms with E-state index in [2.05, 4.69) is 0 Å². The Bertz CT molecular complexity index is 217. The zero-order valence-corrected chi connectivity index (χ0v) is 6.81. The average molecular weight is 150 g/mol. The Balaban J connectivity index is 2.06. The van der Waals surface area contributed by atoms with E-state index in [1.807, 2.05) is 0 Å². The fourth-order valence-electron chi connectivity index (χ4n) is 3.92. The summed E-state index contributed by atoms with van der Waals surface area (Å²) in [6.07, 6.45) is 7.66. The predicted octanol–water partition coefficient (Wildman–Crippen LogP) is 2.16. The minimum absolute atomic E-state index is 0.512. The van der Waals surface area contributed by atoms with Gasteiger partial charge < -0.3 is 0 Å². The molecular weight excluding hydrogens is 136 g/mol. The standard InChI is InChI=1S/C10H14O/c11-9-6-10-4-1-2-8(10)7(9)3-5-10/h7-8H,1-6H2. The largest absolute Gasteiger partial charge is 0.299 e. The number of hydrogen-bond acceptors (Lipinski definition) is 1. The van der Waals surface area contributed by atoms with Crippen molar-refractivity contribution in [2.24, 2.45) is 17.3 Å². The van der Waals surface area contributed by atoms with Crippen LogP contribution in [0.1, 0.15) is 38.5 Å². The summed E-state index contributed by atoms with van der Waals surface area (Å²) >= 11 is 0. The van der Waals surface area contributed by atoms with Gasteiger partial charge in [-0.2, -0.15) is 0 Å². The van der Waals surface area contributed by atoms with E-state index in [-0.39, 0.29) is 0 Å². The minimum Gasteiger partial charge on any atom is -0.299 e. The lowest BCUT2D eigenvalue weighted by Gasteiger charge is -2.23. The fourth-order valence-corrected chi connectivity index (χ4v) is 3.92. The lowest BCUT2D eigenvalue weighted by atomic mass is 9.81. The average Bonchev–Trinajstić information content (AvgIpc) is 2.48. The highest BCUT2D eigenvalue weighted by molar-refractivity contribution is 5.86. The second-order valence-corrected chi connectivity index (χ2v) is 4.65. The van der Waals surface area contributed by atoms with Crippen molar-refractivity contribution in [2.75, 3.05) is 0 Å². The van der Waals surface area contributed by atoms with Gasteiger partial charge in [0, 0.05) is 12.3 Å². The molecule has 0 aromatic rings. The van der Waals surface area contributed by atoms with E-state index in [9.17, 15) is 4.79 Å². The van der Waals surface area contributed by atoms with E-state index in [1.54, 1.807) is 0 Å². The van der Waals surface area contributed by atoms with Crippen LogP contribution in [0.3, 0.4) is 0 Å². The summed E-state index contributed by atoms with van der Waals surface area (Å²) in [5.74, 6) is 1.94. The summed E-state index contributed by atoms with van der Waals surface area (Å²) < 4.78 is 0. The predicted molar refractivity (Wildman–Crippen MR) is 42.1 cm³/mol. The zero-order chi connectivity index (χ0) is 7.47. The first-order valence-corrected chi connectivity index (χ1v) is 4.85. The van der Waals surface area contributed by atoms with Gasteiger partial charge in [-0.05, 0) is 37.0 Å². The molecule has 1 nitrogen and oxygen atoms in total. The molecule has 3 aliphatic rings. The Labute approximate surface area is 67.2 Å². The molecule has 1 heteroatoms. The highest BCUT2D eigenvalue weighted by Gasteiger charge is 2.59. The van der Waals surface area contributed by atoms with Gasteiger partial charge in [0.2, 0.25) is 0 Å². The summed E-state index contributed by atoms with van der Waals surface area (Å²) in [5.41, 5.74) is 0.543. The molecule has 3 rings (SSSR count). The number of ketones is 1. The second kappa shape index (κ2) is 1.70. The molecule has 0 heterocycles. The van der Waals surface area contributed by atoms with Gasteiger partial charge in [-0.3, -0.25) is 4.79 Å². The first-order chi connectivity index (χ1) is 5.32. The Morgan fingerprint density at radius 2 is 2.18 bits per heavy atom. The van der Waals surface area contributed by atoms with Crippen LogP contribution in [0.5, 0.6) is 0 Å². The van der Waals surface area contributed by atoms with Gasteiger partial charge in [-0.15, -0.1) is 0 Å². The lowest BCUT2D eigenvalue weighted by molar-refractivity contribution is -0.122. The summed E-state index contributed by atoms with van der Waals surface area (Å²) in [6, 6.07) is 0. The van der Waals surface area contributed by atoms with E-state index < -0.39 is 0 Å². The van der Waals surface area contributed by atoms with E-state index >= 15 is 0 Å². The summed E-state index contributed by atoms with van der Waals surface area (Å²) in [5, 5.41) is 0. The first kappa shape index (κ1) is 6.22. The molecule has 3 fully saturated rings. The molecule has 0 aromatic carbocycles. The maximum Gasteiger partial charge on any atom is 0.136 e. The molecule has 11 heavy (non-hydrogen) atoms. The van der Waals surface area contributed by atoms with E-state index in [0.29, 0.717) is 17.1 Å². The Hall–Kier alpha value is -0.330. The second-order valence-electron chi connectivity index (χ2n) is 4.65. The molecule has 0 saturated heterocycles. The quantitative estimate of drug-likeness (QED) is 0.517. The minimum atomic E-state index is 0.512. The van der Waals surface area contributed by atoms with Gasteiger partial charge in [-0.25, -0.2) is 0 Å². The van der Waals surface area contributed by atoms with Gasteiger partial charge in [0.15, 0.2) is 0 Å². The van der Waals surface area contributed by atoms with Gasteiger partial charge in [-0.1, -0.05) is 6.42 Å². The normalized spacial score (nSPS) is 53.6. The van der Waals surface area contributed by atoms with Crippen LogP contribution < -0.4 is 0 Å². The third-order valence-electron chi connectivity index (χ3n) is 4.36. The van der Waals surface area contributed by atoms with Crippen LogP contribution in [0.2, 0.25) is 0 Å². The SMILES string of the molecule is O=C1CC23CCCC2C1CC3. The van der Waals surface area contributed by atoms with Crippen molar-refractivity contribution < 1.29 is 4.79 Å². The van der Waals surface area contributed by atoms with Crippen molar-refractivity contribution in [1.82, 2.24) is 0 Å². The third kappa shape index (κ3) is 0.567. The molecule has 3 aliphatic carbocycles. The van der Waals surface area contributed by atoms with Crippen LogP contribution >= 0.6 is 0 Å². The molecule has 3 unspecified atom stereocenters. The van der Waals surface area contributed by atoms with Crippen LogP contribution in [0.25, 0.3) is 0 Å². The Kier molecular flexibility index (Phi) is 0.961. The molecule has 3 saturated carbocycles. The number of carbonyl (C=O) groups is 1. The van der Waals surface area contributed by atoms with Gasteiger partial charge in [0.1, 0.15) is 5.78 Å². The van der Waals surface area contributed by atoms with Crippen LogP contribution in [-0.2, 0) is 4.79 Å². The maximum atomic E-state index is 11.4. The van der Waals surface area contributed by atoms with Crippen LogP contribution in [0.4, 0.5) is 0 Å². The molecule has 0 aromatic heterocycles. The van der Waals surface area contributed by atoms with Gasteiger partial charge >= 0.3 is 0 Å². The molecular formula is C10H14O. The number of Topliss-reactive ketones (excluding diaryl/α,β-unsaturated/α-hetero) is 1. The van der Waals surface area contributed by atoms with Crippen molar-refractivity contribution in [1.29, 1.82) is 0 Å². The number of carbonyl (C=O) groups excluding carboxylic acids is 1. The smallest absolute Gasteiger partial charge is 0.136 e. The van der Waals surface area contributed by atoms with Gasteiger partial charge in [0.25, 0.3) is 0 Å². The molecule has 0 radical (unpaired) electrons.